The number of rotatable bonds is 3. The Hall–Kier alpha value is -1.62. The van der Waals surface area contributed by atoms with Crippen LogP contribution in [-0.4, -0.2) is 40.6 Å². The number of hydrogen-bond acceptors (Lipinski definition) is 3. The van der Waals surface area contributed by atoms with Crippen molar-refractivity contribution >= 4 is 5.91 Å². The molecule has 114 valence electrons. The zero-order valence-corrected chi connectivity index (χ0v) is 12.8. The summed E-state index contributed by atoms with van der Waals surface area (Å²) in [5.41, 5.74) is 2.23. The Morgan fingerprint density at radius 2 is 2.33 bits per heavy atom. The van der Waals surface area contributed by atoms with Crippen LogP contribution in [0.3, 0.4) is 0 Å². The Bertz CT molecular complexity index is 550. The number of methoxy groups -OCH3 is 1. The number of hydrogen-bond donors (Lipinski definition) is 0. The van der Waals surface area contributed by atoms with E-state index in [1.807, 2.05) is 18.3 Å². The topological polar surface area (TPSA) is 47.4 Å². The summed E-state index contributed by atoms with van der Waals surface area (Å²) >= 11 is 0. The minimum atomic E-state index is 0.142. The number of carbonyl (C=O) groups excluding carboxylic acids is 1. The van der Waals surface area contributed by atoms with E-state index in [9.17, 15) is 4.79 Å². The van der Waals surface area contributed by atoms with Gasteiger partial charge in [-0.3, -0.25) is 4.79 Å². The van der Waals surface area contributed by atoms with Crippen LogP contribution in [0.15, 0.2) is 18.5 Å². The number of aromatic nitrogens is 2. The monoisotopic (exact) mass is 289 g/mol. The highest BCUT2D eigenvalue weighted by atomic mass is 16.5. The van der Waals surface area contributed by atoms with Crippen LogP contribution in [0.5, 0.6) is 0 Å². The van der Waals surface area contributed by atoms with E-state index in [2.05, 4.69) is 21.7 Å². The number of carbonyl (C=O) groups is 1. The van der Waals surface area contributed by atoms with Crippen LogP contribution in [0.1, 0.15) is 36.6 Å². The van der Waals surface area contributed by atoms with Crippen LogP contribution >= 0.6 is 0 Å². The Balaban J connectivity index is 1.79. The first kappa shape index (κ1) is 14.3. The van der Waals surface area contributed by atoms with E-state index < -0.39 is 0 Å². The Morgan fingerprint density at radius 3 is 3.05 bits per heavy atom. The van der Waals surface area contributed by atoms with Crippen molar-refractivity contribution in [2.24, 2.45) is 13.0 Å². The third-order valence-corrected chi connectivity index (χ3v) is 4.53. The first-order valence-corrected chi connectivity index (χ1v) is 7.63. The average molecular weight is 289 g/mol. The molecule has 5 heteroatoms. The van der Waals surface area contributed by atoms with Crippen molar-refractivity contribution in [3.63, 3.8) is 0 Å². The molecule has 5 nitrogen and oxygen atoms in total. The van der Waals surface area contributed by atoms with Crippen molar-refractivity contribution in [3.05, 3.63) is 29.9 Å². The second-order valence-electron chi connectivity index (χ2n) is 6.04. The van der Waals surface area contributed by atoms with Gasteiger partial charge in [-0.2, -0.15) is 0 Å². The lowest BCUT2D eigenvalue weighted by molar-refractivity contribution is -0.137. The van der Waals surface area contributed by atoms with Gasteiger partial charge in [0, 0.05) is 38.2 Å². The van der Waals surface area contributed by atoms with E-state index >= 15 is 0 Å². The smallest absolute Gasteiger partial charge is 0.226 e. The minimum Gasteiger partial charge on any atom is -0.384 e. The molecule has 1 aromatic rings. The van der Waals surface area contributed by atoms with Crippen LogP contribution in [0.2, 0.25) is 0 Å². The minimum absolute atomic E-state index is 0.142. The van der Waals surface area contributed by atoms with Crippen molar-refractivity contribution in [1.29, 1.82) is 0 Å². The molecule has 0 saturated carbocycles. The van der Waals surface area contributed by atoms with Gasteiger partial charge in [-0.1, -0.05) is 12.2 Å². The van der Waals surface area contributed by atoms with Crippen LogP contribution in [0, 0.1) is 5.92 Å². The lowest BCUT2D eigenvalue weighted by atomic mass is 9.91. The molecule has 0 saturated heterocycles. The van der Waals surface area contributed by atoms with Gasteiger partial charge >= 0.3 is 0 Å². The van der Waals surface area contributed by atoms with Gasteiger partial charge in [0.05, 0.1) is 25.2 Å². The molecule has 0 spiro atoms. The molecule has 3 rings (SSSR count). The standard InChI is InChI=1S/C16H23N3O2/c1-18-11-17-14-9-19(8-13(10-21-2)15(14)18)16(20)12-6-4-3-5-7-12/h3-4,11-13H,5-10H2,1-2H3/t12-,13-/m0/s1. The van der Waals surface area contributed by atoms with Crippen LogP contribution < -0.4 is 0 Å². The molecule has 0 fully saturated rings. The molecule has 1 aliphatic carbocycles. The SMILES string of the molecule is COC[C@@H]1CN(C(=O)[C@H]2CC=CCC2)Cc2ncn(C)c21. The molecule has 2 heterocycles. The zero-order valence-electron chi connectivity index (χ0n) is 12.8. The number of ether oxygens (including phenoxy) is 1. The van der Waals surface area contributed by atoms with Crippen molar-refractivity contribution in [2.45, 2.75) is 31.7 Å². The molecule has 0 unspecified atom stereocenters. The summed E-state index contributed by atoms with van der Waals surface area (Å²) < 4.78 is 7.41. The van der Waals surface area contributed by atoms with Crippen LogP contribution in [0.4, 0.5) is 0 Å². The molecule has 1 aliphatic heterocycles. The van der Waals surface area contributed by atoms with E-state index in [1.165, 1.54) is 5.69 Å². The van der Waals surface area contributed by atoms with Gasteiger partial charge in [-0.15, -0.1) is 0 Å². The molecular weight excluding hydrogens is 266 g/mol. The fourth-order valence-electron chi connectivity index (χ4n) is 3.51. The molecule has 21 heavy (non-hydrogen) atoms. The van der Waals surface area contributed by atoms with Crippen molar-refractivity contribution < 1.29 is 9.53 Å². The largest absolute Gasteiger partial charge is 0.384 e. The molecule has 2 aliphatic rings. The quantitative estimate of drug-likeness (QED) is 0.798. The van der Waals surface area contributed by atoms with E-state index in [0.717, 1.165) is 31.5 Å². The summed E-state index contributed by atoms with van der Waals surface area (Å²) in [5.74, 6) is 0.634. The number of allylic oxidation sites excluding steroid dienone is 2. The fourth-order valence-corrected chi connectivity index (χ4v) is 3.51. The summed E-state index contributed by atoms with van der Waals surface area (Å²) in [6.07, 6.45) is 9.00. The number of nitrogens with zero attached hydrogens (tertiary/aromatic N) is 3. The Labute approximate surface area is 125 Å². The predicted molar refractivity (Wildman–Crippen MR) is 79.7 cm³/mol. The van der Waals surface area contributed by atoms with E-state index in [0.29, 0.717) is 13.2 Å². The summed E-state index contributed by atoms with van der Waals surface area (Å²) in [4.78, 5) is 19.2. The third kappa shape index (κ3) is 2.75. The number of aryl methyl sites for hydroxylation is 1. The molecule has 0 aromatic carbocycles. The van der Waals surface area contributed by atoms with Crippen LogP contribution in [0.25, 0.3) is 0 Å². The molecule has 1 amide bonds. The van der Waals surface area contributed by atoms with Gasteiger partial charge in [0.25, 0.3) is 0 Å². The summed E-state index contributed by atoms with van der Waals surface area (Å²) in [6.45, 7) is 2.00. The maximum absolute atomic E-state index is 12.7. The maximum atomic E-state index is 12.7. The first-order valence-electron chi connectivity index (χ1n) is 7.63. The van der Waals surface area contributed by atoms with Gasteiger partial charge in [0.1, 0.15) is 0 Å². The van der Waals surface area contributed by atoms with Gasteiger partial charge < -0.3 is 14.2 Å². The highest BCUT2D eigenvalue weighted by molar-refractivity contribution is 5.79. The lowest BCUT2D eigenvalue weighted by Gasteiger charge is -2.35. The molecule has 0 radical (unpaired) electrons. The third-order valence-electron chi connectivity index (χ3n) is 4.53. The normalized spacial score (nSPS) is 25.0. The van der Waals surface area contributed by atoms with Crippen molar-refractivity contribution in [1.82, 2.24) is 14.5 Å². The molecular formula is C16H23N3O2. The van der Waals surface area contributed by atoms with Gasteiger partial charge in [0.15, 0.2) is 0 Å². The second kappa shape index (κ2) is 6.02. The number of fused-ring (bicyclic) bond motifs is 1. The molecule has 2 atom stereocenters. The predicted octanol–water partition coefficient (Wildman–Crippen LogP) is 1.85. The van der Waals surface area contributed by atoms with Crippen molar-refractivity contribution in [3.8, 4) is 0 Å². The van der Waals surface area contributed by atoms with Crippen LogP contribution in [-0.2, 0) is 23.1 Å². The summed E-state index contributed by atoms with van der Waals surface area (Å²) in [7, 11) is 3.72. The van der Waals surface area contributed by atoms with E-state index in [1.54, 1.807) is 7.11 Å². The molecule has 0 bridgehead atoms. The zero-order chi connectivity index (χ0) is 14.8. The van der Waals surface area contributed by atoms with E-state index in [4.69, 9.17) is 4.74 Å². The van der Waals surface area contributed by atoms with E-state index in [-0.39, 0.29) is 17.7 Å². The van der Waals surface area contributed by atoms with Gasteiger partial charge in [-0.05, 0) is 19.3 Å². The number of amides is 1. The lowest BCUT2D eigenvalue weighted by Crippen LogP contribution is -2.43. The summed E-state index contributed by atoms with van der Waals surface area (Å²) in [6, 6.07) is 0. The second-order valence-corrected chi connectivity index (χ2v) is 6.04. The van der Waals surface area contributed by atoms with Gasteiger partial charge in [0.2, 0.25) is 5.91 Å². The highest BCUT2D eigenvalue weighted by Gasteiger charge is 2.33. The summed E-state index contributed by atoms with van der Waals surface area (Å²) in [5, 5.41) is 0. The molecule has 1 aromatic heterocycles. The van der Waals surface area contributed by atoms with Crippen molar-refractivity contribution in [2.75, 3.05) is 20.3 Å². The Morgan fingerprint density at radius 1 is 1.48 bits per heavy atom. The Kier molecular flexibility index (Phi) is 4.10. The fraction of sp³-hybridized carbons (Fsp3) is 0.625. The highest BCUT2D eigenvalue weighted by Crippen LogP contribution is 2.30. The first-order chi connectivity index (χ1) is 10.2. The van der Waals surface area contributed by atoms with Gasteiger partial charge in [-0.25, -0.2) is 4.98 Å². The average Bonchev–Trinajstić information content (AvgIpc) is 2.89. The number of imidazole rings is 1. The maximum Gasteiger partial charge on any atom is 0.226 e. The molecule has 0 N–H and O–H groups in total.